The molecule has 0 bridgehead atoms. The van der Waals surface area contributed by atoms with E-state index in [1.165, 1.54) is 6.07 Å². The van der Waals surface area contributed by atoms with Gasteiger partial charge in [0.1, 0.15) is 0 Å². The van der Waals surface area contributed by atoms with Crippen LogP contribution in [0, 0.1) is 6.92 Å². The van der Waals surface area contributed by atoms with Gasteiger partial charge in [0.25, 0.3) is 0 Å². The van der Waals surface area contributed by atoms with Crippen molar-refractivity contribution in [3.8, 4) is 22.6 Å². The maximum Gasteiger partial charge on any atom is 0.417 e. The molecule has 0 saturated heterocycles. The number of alkyl halides is 3. The number of amides is 1. The molecule has 3 aromatic rings. The van der Waals surface area contributed by atoms with Crippen molar-refractivity contribution in [3.05, 3.63) is 71.3 Å². The topological polar surface area (TPSA) is 93.7 Å². The average Bonchev–Trinajstić information content (AvgIpc) is 3.55. The Kier molecular flexibility index (Phi) is 5.95. The van der Waals surface area contributed by atoms with E-state index in [4.69, 9.17) is 9.47 Å². The maximum absolute atomic E-state index is 13.8. The zero-order chi connectivity index (χ0) is 26.6. The van der Waals surface area contributed by atoms with Crippen LogP contribution in [0.1, 0.15) is 31.0 Å². The summed E-state index contributed by atoms with van der Waals surface area (Å²) in [5, 5.41) is 2.90. The Balaban J connectivity index is 0.00000336. The first-order chi connectivity index (χ1) is 17.4. The second-order valence-corrected chi connectivity index (χ2v) is 10.9. The molecule has 11 heteroatoms. The van der Waals surface area contributed by atoms with E-state index in [0.717, 1.165) is 24.7 Å². The summed E-state index contributed by atoms with van der Waals surface area (Å²) in [6.07, 6.45) is -3.60. The molecule has 0 radical (unpaired) electrons. The number of fused-ring (bicyclic) bond motifs is 1. The van der Waals surface area contributed by atoms with Crippen LogP contribution >= 0.6 is 0 Å². The van der Waals surface area contributed by atoms with Gasteiger partial charge in [0.05, 0.1) is 15.9 Å². The van der Waals surface area contributed by atoms with Crippen molar-refractivity contribution in [1.82, 2.24) is 4.72 Å². The summed E-state index contributed by atoms with van der Waals surface area (Å²) in [4.78, 5) is 12.4. The first kappa shape index (κ1) is 25.1. The van der Waals surface area contributed by atoms with Gasteiger partial charge < -0.3 is 14.8 Å². The van der Waals surface area contributed by atoms with E-state index in [-0.39, 0.29) is 19.7 Å². The molecule has 2 N–H and O–H groups in total. The van der Waals surface area contributed by atoms with Gasteiger partial charge in [0.15, 0.2) is 11.5 Å². The van der Waals surface area contributed by atoms with E-state index < -0.39 is 32.1 Å². The molecule has 37 heavy (non-hydrogen) atoms. The Labute approximate surface area is 213 Å². The number of sulfonamides is 1. The summed E-state index contributed by atoms with van der Waals surface area (Å²) in [6, 6.07) is 13.4. The first-order valence-electron chi connectivity index (χ1n) is 11.4. The predicted octanol–water partition coefficient (Wildman–Crippen LogP) is 5.23. The molecule has 1 fully saturated rings. The molecule has 7 nitrogen and oxygen atoms in total. The van der Waals surface area contributed by atoms with E-state index in [9.17, 15) is 26.4 Å². The lowest BCUT2D eigenvalue weighted by Crippen LogP contribution is -2.27. The number of carbonyl (C=O) groups excluding carboxylic acids is 1. The molecule has 1 saturated carbocycles. The fourth-order valence-electron chi connectivity index (χ4n) is 4.49. The molecule has 5 rings (SSSR count). The van der Waals surface area contributed by atoms with Crippen molar-refractivity contribution in [3.63, 3.8) is 0 Å². The third kappa shape index (κ3) is 4.53. The lowest BCUT2D eigenvalue weighted by atomic mass is 9.94. The molecule has 196 valence electrons. The number of nitrogens with one attached hydrogen (secondary N) is 2. The van der Waals surface area contributed by atoms with Crippen molar-refractivity contribution in [1.29, 1.82) is 0 Å². The number of rotatable bonds is 6. The van der Waals surface area contributed by atoms with Crippen LogP contribution in [0.25, 0.3) is 11.1 Å². The molecule has 2 aliphatic rings. The standard InChI is InChI=1S/C26H23F3N2O5S.H2/c1-15-3-6-18(31-24(32)25(9-10-25)17-5-7-21-22(12-17)36-14-35-21)13-19(15)16-4-8-23(37(33,34)30-2)20(11-16)26(27,28)29;/h3-8,11-13,30H,9-10,14H2,1-2H3,(H,31,32);1H. The van der Waals surface area contributed by atoms with E-state index >= 15 is 0 Å². The highest BCUT2D eigenvalue weighted by Gasteiger charge is 2.51. The Morgan fingerprint density at radius 1 is 1.00 bits per heavy atom. The van der Waals surface area contributed by atoms with Gasteiger partial charge in [0, 0.05) is 7.11 Å². The van der Waals surface area contributed by atoms with E-state index in [1.807, 2.05) is 10.8 Å². The number of aryl methyl sites for hydroxylation is 1. The van der Waals surface area contributed by atoms with Crippen LogP contribution in [0.15, 0.2) is 59.5 Å². The van der Waals surface area contributed by atoms with E-state index in [2.05, 4.69) is 5.32 Å². The van der Waals surface area contributed by atoms with Gasteiger partial charge in [-0.3, -0.25) is 4.79 Å². The zero-order valence-corrected chi connectivity index (χ0v) is 20.7. The average molecular weight is 535 g/mol. The molecular formula is C26H25F3N2O5S. The van der Waals surface area contributed by atoms with Gasteiger partial charge in [-0.2, -0.15) is 13.2 Å². The highest BCUT2D eigenvalue weighted by molar-refractivity contribution is 7.89. The molecule has 3 aromatic carbocycles. The van der Waals surface area contributed by atoms with Gasteiger partial charge in [-0.15, -0.1) is 0 Å². The summed E-state index contributed by atoms with van der Waals surface area (Å²) in [6.45, 7) is 1.85. The Morgan fingerprint density at radius 3 is 2.41 bits per heavy atom. The van der Waals surface area contributed by atoms with Gasteiger partial charge in [0.2, 0.25) is 22.7 Å². The number of carbonyl (C=O) groups is 1. The van der Waals surface area contributed by atoms with Crippen LogP contribution in [-0.4, -0.2) is 28.2 Å². The molecule has 0 spiro atoms. The van der Waals surface area contributed by atoms with Crippen molar-refractivity contribution in [2.75, 3.05) is 19.2 Å². The summed E-state index contributed by atoms with van der Waals surface area (Å²) in [5.74, 6) is 0.973. The Morgan fingerprint density at radius 2 is 1.73 bits per heavy atom. The largest absolute Gasteiger partial charge is 0.454 e. The lowest BCUT2D eigenvalue weighted by Gasteiger charge is -2.18. The molecule has 1 aliphatic carbocycles. The molecule has 1 heterocycles. The van der Waals surface area contributed by atoms with E-state index in [0.29, 0.717) is 41.2 Å². The maximum atomic E-state index is 13.8. The molecule has 1 amide bonds. The van der Waals surface area contributed by atoms with Crippen molar-refractivity contribution < 1.29 is 37.3 Å². The molecule has 0 unspecified atom stereocenters. The van der Waals surface area contributed by atoms with Crippen LogP contribution in [-0.2, 0) is 26.4 Å². The Hall–Kier alpha value is -3.57. The fraction of sp³-hybridized carbons (Fsp3) is 0.269. The lowest BCUT2D eigenvalue weighted by molar-refractivity contribution is -0.139. The number of hydrogen-bond acceptors (Lipinski definition) is 5. The van der Waals surface area contributed by atoms with Crippen LogP contribution in [0.4, 0.5) is 18.9 Å². The van der Waals surface area contributed by atoms with Crippen molar-refractivity contribution in [2.24, 2.45) is 0 Å². The van der Waals surface area contributed by atoms with Gasteiger partial charge in [-0.25, -0.2) is 13.1 Å². The highest BCUT2D eigenvalue weighted by atomic mass is 32.2. The Bertz CT molecular complexity index is 1520. The number of ether oxygens (including phenoxy) is 2. The predicted molar refractivity (Wildman–Crippen MR) is 132 cm³/mol. The summed E-state index contributed by atoms with van der Waals surface area (Å²) in [5.41, 5.74) is 0.493. The van der Waals surface area contributed by atoms with Crippen LogP contribution in [0.3, 0.4) is 0 Å². The normalized spacial score (nSPS) is 15.9. The molecule has 1 aliphatic heterocycles. The minimum atomic E-state index is -4.89. The van der Waals surface area contributed by atoms with Crippen molar-refractivity contribution >= 4 is 21.6 Å². The highest BCUT2D eigenvalue weighted by Crippen LogP contribution is 2.51. The minimum absolute atomic E-state index is 0. The summed E-state index contributed by atoms with van der Waals surface area (Å²) in [7, 11) is -3.28. The number of benzene rings is 3. The van der Waals surface area contributed by atoms with Gasteiger partial charge in [-0.1, -0.05) is 18.2 Å². The van der Waals surface area contributed by atoms with Crippen LogP contribution in [0.2, 0.25) is 0 Å². The van der Waals surface area contributed by atoms with Gasteiger partial charge >= 0.3 is 6.18 Å². The van der Waals surface area contributed by atoms with Crippen LogP contribution < -0.4 is 19.5 Å². The third-order valence-electron chi connectivity index (χ3n) is 6.76. The summed E-state index contributed by atoms with van der Waals surface area (Å²) >= 11 is 0. The second kappa shape index (κ2) is 8.77. The zero-order valence-electron chi connectivity index (χ0n) is 19.9. The number of anilines is 1. The number of halogens is 3. The summed E-state index contributed by atoms with van der Waals surface area (Å²) < 4.78 is 78.4. The second-order valence-electron chi connectivity index (χ2n) is 9.05. The molecule has 0 atom stereocenters. The first-order valence-corrected chi connectivity index (χ1v) is 12.9. The minimum Gasteiger partial charge on any atom is -0.454 e. The van der Waals surface area contributed by atoms with Crippen LogP contribution in [0.5, 0.6) is 11.5 Å². The van der Waals surface area contributed by atoms with Gasteiger partial charge in [-0.05, 0) is 85.5 Å². The van der Waals surface area contributed by atoms with E-state index in [1.54, 1.807) is 37.3 Å². The molecule has 0 aromatic heterocycles. The SMILES string of the molecule is CNS(=O)(=O)c1ccc(-c2cc(NC(=O)C3(c4ccc5c(c4)OCO5)CC3)ccc2C)cc1C(F)(F)F.[HH]. The monoisotopic (exact) mass is 534 g/mol. The smallest absolute Gasteiger partial charge is 0.417 e. The fourth-order valence-corrected chi connectivity index (χ4v) is 5.42. The number of hydrogen-bond donors (Lipinski definition) is 2. The van der Waals surface area contributed by atoms with Crippen molar-refractivity contribution in [2.45, 2.75) is 36.3 Å². The third-order valence-corrected chi connectivity index (χ3v) is 8.23. The quantitative estimate of drug-likeness (QED) is 0.452. The molecular weight excluding hydrogens is 509 g/mol.